The number of hydrogen-bond acceptors (Lipinski definition) is 5. The lowest BCUT2D eigenvalue weighted by Crippen LogP contribution is -2.53. The van der Waals surface area contributed by atoms with Crippen LogP contribution in [0.25, 0.3) is 0 Å². The molecule has 4 heterocycles. The van der Waals surface area contributed by atoms with Crippen LogP contribution in [-0.4, -0.2) is 65.6 Å². The smallest absolute Gasteiger partial charge is 0.274 e. The summed E-state index contributed by atoms with van der Waals surface area (Å²) in [6, 6.07) is 0. The van der Waals surface area contributed by atoms with Crippen LogP contribution < -0.4 is 0 Å². The predicted octanol–water partition coefficient (Wildman–Crippen LogP) is 1.45. The van der Waals surface area contributed by atoms with Crippen LogP contribution in [-0.2, 0) is 20.6 Å². The number of ether oxygens (including phenoxy) is 3. The van der Waals surface area contributed by atoms with E-state index in [-0.39, 0.29) is 23.7 Å². The van der Waals surface area contributed by atoms with Crippen LogP contribution in [0.4, 0.5) is 0 Å². The quantitative estimate of drug-likeness (QED) is 0.841. The van der Waals surface area contributed by atoms with E-state index >= 15 is 0 Å². The molecule has 24 heavy (non-hydrogen) atoms. The van der Waals surface area contributed by atoms with Crippen molar-refractivity contribution in [3.05, 3.63) is 17.0 Å². The number of H-pyrrole nitrogens is 1. The molecule has 1 spiro atoms. The summed E-state index contributed by atoms with van der Waals surface area (Å²) >= 11 is 0. The minimum absolute atomic E-state index is 0.0142. The molecule has 2 atom stereocenters. The molecule has 1 aromatic rings. The first-order valence-corrected chi connectivity index (χ1v) is 8.81. The second-order valence-electron chi connectivity index (χ2n) is 7.13. The molecule has 0 bridgehead atoms. The van der Waals surface area contributed by atoms with Gasteiger partial charge in [0, 0.05) is 25.1 Å². The molecular formula is C17H25N3O4. The summed E-state index contributed by atoms with van der Waals surface area (Å²) in [6.07, 6.45) is 2.43. The van der Waals surface area contributed by atoms with Gasteiger partial charge in [-0.05, 0) is 26.7 Å². The van der Waals surface area contributed by atoms with Gasteiger partial charge in [-0.15, -0.1) is 0 Å². The highest BCUT2D eigenvalue weighted by atomic mass is 16.6. The third kappa shape index (κ3) is 2.74. The van der Waals surface area contributed by atoms with E-state index in [0.29, 0.717) is 38.6 Å². The third-order valence-electron chi connectivity index (χ3n) is 5.40. The Bertz CT molecular complexity index is 613. The Hall–Kier alpha value is -1.44. The van der Waals surface area contributed by atoms with E-state index in [2.05, 4.69) is 10.2 Å². The predicted molar refractivity (Wildman–Crippen MR) is 85.9 cm³/mol. The zero-order valence-electron chi connectivity index (χ0n) is 14.3. The Morgan fingerprint density at radius 1 is 1.29 bits per heavy atom. The van der Waals surface area contributed by atoms with Crippen LogP contribution in [0.3, 0.4) is 0 Å². The summed E-state index contributed by atoms with van der Waals surface area (Å²) in [6.45, 7) is 7.35. The molecule has 0 saturated carbocycles. The van der Waals surface area contributed by atoms with Crippen LogP contribution in [0.15, 0.2) is 0 Å². The number of nitrogens with one attached hydrogen (secondary N) is 1. The van der Waals surface area contributed by atoms with Crippen molar-refractivity contribution in [3.8, 4) is 0 Å². The molecule has 7 nitrogen and oxygen atoms in total. The number of aromatic nitrogens is 2. The Morgan fingerprint density at radius 3 is 2.79 bits per heavy atom. The van der Waals surface area contributed by atoms with Gasteiger partial charge in [0.1, 0.15) is 0 Å². The zero-order valence-corrected chi connectivity index (χ0v) is 14.3. The number of carbonyl (C=O) groups is 1. The first-order chi connectivity index (χ1) is 11.6. The molecule has 0 radical (unpaired) electrons. The number of piperidine rings is 1. The maximum absolute atomic E-state index is 12.9. The van der Waals surface area contributed by atoms with E-state index in [0.717, 1.165) is 30.5 Å². The third-order valence-corrected chi connectivity index (χ3v) is 5.40. The van der Waals surface area contributed by atoms with Crippen molar-refractivity contribution in [2.24, 2.45) is 0 Å². The van der Waals surface area contributed by atoms with Crippen molar-refractivity contribution in [3.63, 3.8) is 0 Å². The molecule has 3 aliphatic heterocycles. The van der Waals surface area contributed by atoms with Crippen molar-refractivity contribution < 1.29 is 19.0 Å². The summed E-state index contributed by atoms with van der Waals surface area (Å²) in [5, 5.41) is 7.32. The molecule has 0 aromatic carbocycles. The van der Waals surface area contributed by atoms with Gasteiger partial charge in [0.2, 0.25) is 0 Å². The maximum atomic E-state index is 12.9. The van der Waals surface area contributed by atoms with E-state index in [1.807, 2.05) is 18.7 Å². The van der Waals surface area contributed by atoms with Gasteiger partial charge in [-0.3, -0.25) is 9.89 Å². The topological polar surface area (TPSA) is 76.7 Å². The summed E-state index contributed by atoms with van der Waals surface area (Å²) in [4.78, 5) is 14.8. The van der Waals surface area contributed by atoms with E-state index < -0.39 is 0 Å². The van der Waals surface area contributed by atoms with Crippen molar-refractivity contribution in [2.45, 2.75) is 50.9 Å². The Morgan fingerprint density at radius 2 is 2.08 bits per heavy atom. The number of likely N-dealkylation sites (tertiary alicyclic amines) is 1. The number of amides is 1. The molecule has 1 amide bonds. The van der Waals surface area contributed by atoms with Crippen molar-refractivity contribution in [1.82, 2.24) is 15.1 Å². The lowest BCUT2D eigenvalue weighted by molar-refractivity contribution is -0.174. The Labute approximate surface area is 141 Å². The minimum Gasteiger partial charge on any atom is -0.376 e. The maximum Gasteiger partial charge on any atom is 0.274 e. The molecule has 2 saturated heterocycles. The number of carbonyl (C=O) groups excluding carboxylic acids is 1. The van der Waals surface area contributed by atoms with Crippen LogP contribution in [0, 0.1) is 0 Å². The molecule has 1 N–H and O–H groups in total. The second kappa shape index (κ2) is 6.13. The minimum atomic E-state index is -0.198. The molecule has 4 rings (SSSR count). The highest BCUT2D eigenvalue weighted by Crippen LogP contribution is 2.33. The van der Waals surface area contributed by atoms with Crippen molar-refractivity contribution in [1.29, 1.82) is 0 Å². The van der Waals surface area contributed by atoms with Gasteiger partial charge in [-0.1, -0.05) is 0 Å². The molecule has 3 aliphatic rings. The fourth-order valence-electron chi connectivity index (χ4n) is 4.02. The number of hydrogen-bond donors (Lipinski definition) is 1. The van der Waals surface area contributed by atoms with Gasteiger partial charge >= 0.3 is 0 Å². The highest BCUT2D eigenvalue weighted by Gasteiger charge is 2.40. The number of nitrogens with zero attached hydrogens (tertiary/aromatic N) is 2. The summed E-state index contributed by atoms with van der Waals surface area (Å²) in [5.74, 6) is 0.0142. The molecular weight excluding hydrogens is 310 g/mol. The Balaban J connectivity index is 1.48. The van der Waals surface area contributed by atoms with E-state index in [1.165, 1.54) is 0 Å². The van der Waals surface area contributed by atoms with Gasteiger partial charge in [0.25, 0.3) is 5.91 Å². The fourth-order valence-corrected chi connectivity index (χ4v) is 4.02. The summed E-state index contributed by atoms with van der Waals surface area (Å²) in [7, 11) is 0. The second-order valence-corrected chi connectivity index (χ2v) is 7.13. The summed E-state index contributed by atoms with van der Waals surface area (Å²) < 4.78 is 17.3. The lowest BCUT2D eigenvalue weighted by atomic mass is 9.91. The highest BCUT2D eigenvalue weighted by molar-refractivity contribution is 5.94. The summed E-state index contributed by atoms with van der Waals surface area (Å²) in [5.41, 5.74) is 2.32. The van der Waals surface area contributed by atoms with Gasteiger partial charge in [-0.2, -0.15) is 5.10 Å². The van der Waals surface area contributed by atoms with Gasteiger partial charge < -0.3 is 19.1 Å². The Kier molecular flexibility index (Phi) is 4.10. The van der Waals surface area contributed by atoms with Crippen molar-refractivity contribution >= 4 is 5.91 Å². The first-order valence-electron chi connectivity index (χ1n) is 8.81. The zero-order chi connectivity index (χ0) is 16.7. The van der Waals surface area contributed by atoms with Gasteiger partial charge in [0.15, 0.2) is 5.69 Å². The van der Waals surface area contributed by atoms with Gasteiger partial charge in [0.05, 0.1) is 43.3 Å². The largest absolute Gasteiger partial charge is 0.376 e. The molecule has 7 heteroatoms. The van der Waals surface area contributed by atoms with Crippen molar-refractivity contribution in [2.75, 3.05) is 32.9 Å². The monoisotopic (exact) mass is 335 g/mol. The number of aromatic amines is 1. The average Bonchev–Trinajstić information content (AvgIpc) is 3.00. The average molecular weight is 335 g/mol. The fraction of sp³-hybridized carbons (Fsp3) is 0.765. The molecule has 0 unspecified atom stereocenters. The number of fused-ring (bicyclic) bond motifs is 1. The lowest BCUT2D eigenvalue weighted by Gasteiger charge is -2.43. The standard InChI is InChI=1S/C17H25N3O4/c1-11-9-13-14(12(2)24-11)18-19-15(13)16(21)20-5-3-17(4-6-20)10-22-7-8-23-17/h11-12H,3-10H2,1-2H3,(H,18,19)/t11-,12+/m1/s1. The molecule has 132 valence electrons. The molecule has 1 aromatic heterocycles. The van der Waals surface area contributed by atoms with Crippen LogP contribution >= 0.6 is 0 Å². The van der Waals surface area contributed by atoms with E-state index in [9.17, 15) is 4.79 Å². The van der Waals surface area contributed by atoms with Gasteiger partial charge in [-0.25, -0.2) is 0 Å². The first kappa shape index (κ1) is 16.1. The normalized spacial score (nSPS) is 29.5. The van der Waals surface area contributed by atoms with E-state index in [1.54, 1.807) is 0 Å². The molecule has 2 fully saturated rings. The van der Waals surface area contributed by atoms with Crippen LogP contribution in [0.1, 0.15) is 54.5 Å². The van der Waals surface area contributed by atoms with Crippen LogP contribution in [0.2, 0.25) is 0 Å². The SMILES string of the molecule is C[C@@H]1Cc2c(C(=O)N3CCC4(CC3)COCCO4)n[nH]c2[C@H](C)O1. The molecule has 0 aliphatic carbocycles. The van der Waals surface area contributed by atoms with E-state index in [4.69, 9.17) is 14.2 Å². The number of rotatable bonds is 1. The van der Waals surface area contributed by atoms with Crippen LogP contribution in [0.5, 0.6) is 0 Å².